The minimum Gasteiger partial charge on any atom is -0.456 e. The SMILES string of the molecule is CCNC(C)c1cccc(Oc2cc(Cl)c(Br)cc2Cl)c1. The Hall–Kier alpha value is -0.740. The van der Waals surface area contributed by atoms with Crippen molar-refractivity contribution in [1.29, 1.82) is 0 Å². The molecule has 112 valence electrons. The zero-order chi connectivity index (χ0) is 15.4. The molecule has 0 amide bonds. The second kappa shape index (κ2) is 7.50. The number of hydrogen-bond donors (Lipinski definition) is 1. The highest BCUT2D eigenvalue weighted by molar-refractivity contribution is 9.10. The first-order valence-corrected chi connectivity index (χ1v) is 8.22. The van der Waals surface area contributed by atoms with Gasteiger partial charge in [-0.1, -0.05) is 42.3 Å². The van der Waals surface area contributed by atoms with Crippen LogP contribution in [0.15, 0.2) is 40.9 Å². The Morgan fingerprint density at radius 3 is 2.67 bits per heavy atom. The third-order valence-corrected chi connectivity index (χ3v) is 4.56. The average molecular weight is 389 g/mol. The van der Waals surface area contributed by atoms with E-state index in [0.717, 1.165) is 22.3 Å². The fourth-order valence-corrected chi connectivity index (χ4v) is 2.81. The molecule has 2 aromatic carbocycles. The van der Waals surface area contributed by atoms with Crippen molar-refractivity contribution in [3.8, 4) is 11.5 Å². The van der Waals surface area contributed by atoms with Crippen LogP contribution in [0.4, 0.5) is 0 Å². The van der Waals surface area contributed by atoms with E-state index in [0.29, 0.717) is 15.8 Å². The number of hydrogen-bond acceptors (Lipinski definition) is 2. The number of halogens is 3. The minimum atomic E-state index is 0.266. The van der Waals surface area contributed by atoms with Gasteiger partial charge in [0.05, 0.1) is 10.0 Å². The lowest BCUT2D eigenvalue weighted by Crippen LogP contribution is -2.17. The van der Waals surface area contributed by atoms with Crippen molar-refractivity contribution in [1.82, 2.24) is 5.32 Å². The summed E-state index contributed by atoms with van der Waals surface area (Å²) in [6.07, 6.45) is 0. The summed E-state index contributed by atoms with van der Waals surface area (Å²) in [6.45, 7) is 5.12. The molecule has 0 aliphatic heterocycles. The summed E-state index contributed by atoms with van der Waals surface area (Å²) >= 11 is 15.6. The minimum absolute atomic E-state index is 0.266. The third kappa shape index (κ3) is 4.36. The summed E-state index contributed by atoms with van der Waals surface area (Å²) in [5.74, 6) is 1.27. The molecule has 0 saturated heterocycles. The molecule has 0 radical (unpaired) electrons. The Balaban J connectivity index is 2.24. The van der Waals surface area contributed by atoms with Gasteiger partial charge in [0.25, 0.3) is 0 Å². The fourth-order valence-electron chi connectivity index (χ4n) is 1.98. The Bertz CT molecular complexity index is 634. The van der Waals surface area contributed by atoms with Crippen molar-refractivity contribution in [3.63, 3.8) is 0 Å². The van der Waals surface area contributed by atoms with Crippen molar-refractivity contribution >= 4 is 39.1 Å². The van der Waals surface area contributed by atoms with Crippen LogP contribution >= 0.6 is 39.1 Å². The van der Waals surface area contributed by atoms with Crippen LogP contribution in [-0.4, -0.2) is 6.54 Å². The lowest BCUT2D eigenvalue weighted by atomic mass is 10.1. The molecule has 0 aromatic heterocycles. The fraction of sp³-hybridized carbons (Fsp3) is 0.250. The Morgan fingerprint density at radius 2 is 1.95 bits per heavy atom. The summed E-state index contributed by atoms with van der Waals surface area (Å²) in [5.41, 5.74) is 1.16. The van der Waals surface area contributed by atoms with Crippen LogP contribution in [0.2, 0.25) is 10.0 Å². The van der Waals surface area contributed by atoms with Crippen molar-refractivity contribution in [3.05, 3.63) is 56.5 Å². The molecule has 0 heterocycles. The van der Waals surface area contributed by atoms with Gasteiger partial charge < -0.3 is 10.1 Å². The summed E-state index contributed by atoms with van der Waals surface area (Å²) < 4.78 is 6.60. The van der Waals surface area contributed by atoms with Crippen LogP contribution in [0, 0.1) is 0 Å². The molecular formula is C16H16BrCl2NO. The maximum Gasteiger partial charge on any atom is 0.147 e. The van der Waals surface area contributed by atoms with Crippen molar-refractivity contribution < 1.29 is 4.74 Å². The molecule has 1 N–H and O–H groups in total. The zero-order valence-electron chi connectivity index (χ0n) is 11.8. The average Bonchev–Trinajstić information content (AvgIpc) is 2.45. The second-order valence-electron chi connectivity index (χ2n) is 4.65. The molecule has 2 nitrogen and oxygen atoms in total. The second-order valence-corrected chi connectivity index (χ2v) is 6.32. The molecule has 21 heavy (non-hydrogen) atoms. The van der Waals surface area contributed by atoms with Gasteiger partial charge in [0.2, 0.25) is 0 Å². The quantitative estimate of drug-likeness (QED) is 0.614. The van der Waals surface area contributed by atoms with Gasteiger partial charge in [-0.3, -0.25) is 0 Å². The first-order valence-electron chi connectivity index (χ1n) is 6.67. The predicted octanol–water partition coefficient (Wildman–Crippen LogP) is 6.22. The van der Waals surface area contributed by atoms with Crippen molar-refractivity contribution in [2.75, 3.05) is 6.54 Å². The lowest BCUT2D eigenvalue weighted by molar-refractivity contribution is 0.480. The number of nitrogens with one attached hydrogen (secondary N) is 1. The molecule has 0 aliphatic carbocycles. The highest BCUT2D eigenvalue weighted by Crippen LogP contribution is 2.36. The van der Waals surface area contributed by atoms with Crippen LogP contribution in [0.25, 0.3) is 0 Å². The van der Waals surface area contributed by atoms with Gasteiger partial charge >= 0.3 is 0 Å². The number of ether oxygens (including phenoxy) is 1. The molecule has 0 fully saturated rings. The lowest BCUT2D eigenvalue weighted by Gasteiger charge is -2.15. The summed E-state index contributed by atoms with van der Waals surface area (Å²) in [6, 6.07) is 11.6. The highest BCUT2D eigenvalue weighted by atomic mass is 79.9. The highest BCUT2D eigenvalue weighted by Gasteiger charge is 2.09. The Labute approximate surface area is 143 Å². The van der Waals surface area contributed by atoms with Crippen LogP contribution < -0.4 is 10.1 Å². The third-order valence-electron chi connectivity index (χ3n) is 3.07. The maximum atomic E-state index is 6.18. The molecule has 0 bridgehead atoms. The van der Waals surface area contributed by atoms with E-state index in [4.69, 9.17) is 27.9 Å². The van der Waals surface area contributed by atoms with Gasteiger partial charge in [-0.15, -0.1) is 0 Å². The Kier molecular flexibility index (Phi) is 5.94. The molecule has 5 heteroatoms. The van der Waals surface area contributed by atoms with Gasteiger partial charge in [-0.05, 0) is 53.2 Å². The van der Waals surface area contributed by atoms with Crippen LogP contribution in [0.5, 0.6) is 11.5 Å². The number of rotatable bonds is 5. The van der Waals surface area contributed by atoms with Crippen LogP contribution in [0.3, 0.4) is 0 Å². The van der Waals surface area contributed by atoms with Crippen LogP contribution in [0.1, 0.15) is 25.5 Å². The van der Waals surface area contributed by atoms with E-state index in [-0.39, 0.29) is 6.04 Å². The molecule has 2 aromatic rings. The zero-order valence-corrected chi connectivity index (χ0v) is 14.9. The van der Waals surface area contributed by atoms with Crippen LogP contribution in [-0.2, 0) is 0 Å². The van der Waals surface area contributed by atoms with Crippen molar-refractivity contribution in [2.24, 2.45) is 0 Å². The summed E-state index contributed by atoms with van der Waals surface area (Å²) in [7, 11) is 0. The summed E-state index contributed by atoms with van der Waals surface area (Å²) in [4.78, 5) is 0. The monoisotopic (exact) mass is 387 g/mol. The predicted molar refractivity (Wildman–Crippen MR) is 92.8 cm³/mol. The molecule has 0 saturated carbocycles. The van der Waals surface area contributed by atoms with Crippen molar-refractivity contribution in [2.45, 2.75) is 19.9 Å². The maximum absolute atomic E-state index is 6.18. The first kappa shape index (κ1) is 16.6. The topological polar surface area (TPSA) is 21.3 Å². The van der Waals surface area contributed by atoms with Gasteiger partial charge in [-0.25, -0.2) is 0 Å². The van der Waals surface area contributed by atoms with Gasteiger partial charge in [-0.2, -0.15) is 0 Å². The smallest absolute Gasteiger partial charge is 0.147 e. The van der Waals surface area contributed by atoms with E-state index in [1.165, 1.54) is 0 Å². The van der Waals surface area contributed by atoms with E-state index in [9.17, 15) is 0 Å². The first-order chi connectivity index (χ1) is 10.0. The normalized spacial score (nSPS) is 12.2. The number of benzene rings is 2. The molecule has 1 atom stereocenters. The van der Waals surface area contributed by atoms with E-state index in [2.05, 4.69) is 41.2 Å². The standard InChI is InChI=1S/C16H16BrCl2NO/c1-3-20-10(2)11-5-4-6-12(7-11)21-16-9-14(18)13(17)8-15(16)19/h4-10,20H,3H2,1-2H3. The van der Waals surface area contributed by atoms with Gasteiger partial charge in [0.1, 0.15) is 11.5 Å². The molecule has 2 rings (SSSR count). The van der Waals surface area contributed by atoms with E-state index < -0.39 is 0 Å². The Morgan fingerprint density at radius 1 is 1.19 bits per heavy atom. The summed E-state index contributed by atoms with van der Waals surface area (Å²) in [5, 5.41) is 4.44. The van der Waals surface area contributed by atoms with E-state index in [1.807, 2.05) is 18.2 Å². The molecule has 1 unspecified atom stereocenters. The molecule has 0 spiro atoms. The van der Waals surface area contributed by atoms with E-state index >= 15 is 0 Å². The molecule has 0 aliphatic rings. The largest absolute Gasteiger partial charge is 0.456 e. The molecular weight excluding hydrogens is 373 g/mol. The van der Waals surface area contributed by atoms with E-state index in [1.54, 1.807) is 12.1 Å². The van der Waals surface area contributed by atoms with Gasteiger partial charge in [0, 0.05) is 16.6 Å². The van der Waals surface area contributed by atoms with Gasteiger partial charge in [0.15, 0.2) is 0 Å².